The Hall–Kier alpha value is -0.0800. The molecular weight excluding hydrogens is 343 g/mol. The van der Waals surface area contributed by atoms with Gasteiger partial charge in [0.1, 0.15) is 0 Å². The van der Waals surface area contributed by atoms with E-state index in [0.717, 1.165) is 13.1 Å². The van der Waals surface area contributed by atoms with E-state index >= 15 is 0 Å². The molecule has 108 valence electrons. The molecule has 1 aliphatic rings. The van der Waals surface area contributed by atoms with E-state index in [-0.39, 0.29) is 30.0 Å². The molecular formula is C12H27IN4O. The molecule has 0 amide bonds. The number of nitrogens with one attached hydrogen (secondary N) is 1. The summed E-state index contributed by atoms with van der Waals surface area (Å²) in [4.78, 5) is 6.88. The topological polar surface area (TPSA) is 62.9 Å². The third kappa shape index (κ3) is 6.19. The average molecular weight is 370 g/mol. The molecule has 0 saturated carbocycles. The molecule has 0 aromatic carbocycles. The highest BCUT2D eigenvalue weighted by Crippen LogP contribution is 2.16. The van der Waals surface area contributed by atoms with E-state index in [9.17, 15) is 0 Å². The predicted octanol–water partition coefficient (Wildman–Crippen LogP) is 1.03. The van der Waals surface area contributed by atoms with Crippen molar-refractivity contribution in [2.75, 3.05) is 33.4 Å². The van der Waals surface area contributed by atoms with Gasteiger partial charge in [-0.15, -0.1) is 24.0 Å². The largest absolute Gasteiger partial charge is 0.383 e. The number of aliphatic imine (C=N–C) groups is 1. The predicted molar refractivity (Wildman–Crippen MR) is 86.6 cm³/mol. The van der Waals surface area contributed by atoms with Crippen molar-refractivity contribution >= 4 is 29.9 Å². The molecule has 1 heterocycles. The standard InChI is InChI=1S/C12H26N4O.HI/c1-4-16-7-5-6-11(16)8-14-12(13)15-10(2)9-17-3;/h10-11H,4-9H2,1-3H3,(H3,13,14,15);1H. The number of rotatable bonds is 6. The summed E-state index contributed by atoms with van der Waals surface area (Å²) in [6, 6.07) is 0.771. The van der Waals surface area contributed by atoms with E-state index in [1.54, 1.807) is 7.11 Å². The first kappa shape index (κ1) is 17.9. The number of likely N-dealkylation sites (N-methyl/N-ethyl adjacent to an activating group) is 1. The van der Waals surface area contributed by atoms with Crippen molar-refractivity contribution in [3.63, 3.8) is 0 Å². The van der Waals surface area contributed by atoms with Gasteiger partial charge in [-0.25, -0.2) is 0 Å². The van der Waals surface area contributed by atoms with E-state index in [2.05, 4.69) is 22.1 Å². The number of ether oxygens (including phenoxy) is 1. The maximum Gasteiger partial charge on any atom is 0.188 e. The molecule has 0 aromatic rings. The summed E-state index contributed by atoms with van der Waals surface area (Å²) in [5, 5.41) is 3.12. The van der Waals surface area contributed by atoms with Crippen molar-refractivity contribution < 1.29 is 4.74 Å². The van der Waals surface area contributed by atoms with Crippen LogP contribution in [-0.2, 0) is 4.74 Å². The van der Waals surface area contributed by atoms with Gasteiger partial charge >= 0.3 is 0 Å². The Kier molecular flexibility index (Phi) is 9.76. The third-order valence-electron chi connectivity index (χ3n) is 3.19. The first-order chi connectivity index (χ1) is 8.17. The fourth-order valence-electron chi connectivity index (χ4n) is 2.31. The van der Waals surface area contributed by atoms with E-state index < -0.39 is 0 Å². The molecule has 2 atom stereocenters. The molecule has 0 radical (unpaired) electrons. The van der Waals surface area contributed by atoms with Gasteiger partial charge in [-0.1, -0.05) is 6.92 Å². The number of methoxy groups -OCH3 is 1. The lowest BCUT2D eigenvalue weighted by atomic mass is 10.2. The minimum atomic E-state index is 0. The van der Waals surface area contributed by atoms with Crippen LogP contribution < -0.4 is 11.1 Å². The van der Waals surface area contributed by atoms with Crippen LogP contribution in [-0.4, -0.2) is 56.3 Å². The molecule has 18 heavy (non-hydrogen) atoms. The van der Waals surface area contributed by atoms with Gasteiger partial charge in [0.25, 0.3) is 0 Å². The van der Waals surface area contributed by atoms with Gasteiger partial charge in [0.2, 0.25) is 0 Å². The van der Waals surface area contributed by atoms with Gasteiger partial charge in [-0.3, -0.25) is 9.89 Å². The Morgan fingerprint density at radius 2 is 2.33 bits per heavy atom. The SMILES string of the molecule is CCN1CCCC1CN=C(N)NC(C)COC.I. The van der Waals surface area contributed by atoms with Crippen molar-refractivity contribution in [3.8, 4) is 0 Å². The first-order valence-corrected chi connectivity index (χ1v) is 6.46. The molecule has 0 bridgehead atoms. The summed E-state index contributed by atoms with van der Waals surface area (Å²) in [6.45, 7) is 7.97. The number of nitrogens with two attached hydrogens (primary N) is 1. The van der Waals surface area contributed by atoms with Crippen LogP contribution in [0.5, 0.6) is 0 Å². The molecule has 0 aliphatic carbocycles. The summed E-state index contributed by atoms with van der Waals surface area (Å²) in [5.74, 6) is 0.525. The molecule has 1 aliphatic heterocycles. The Morgan fingerprint density at radius 1 is 1.61 bits per heavy atom. The highest BCUT2D eigenvalue weighted by molar-refractivity contribution is 14.0. The third-order valence-corrected chi connectivity index (χ3v) is 3.19. The lowest BCUT2D eigenvalue weighted by Crippen LogP contribution is -2.41. The maximum atomic E-state index is 5.83. The van der Waals surface area contributed by atoms with Crippen LogP contribution in [0.3, 0.4) is 0 Å². The van der Waals surface area contributed by atoms with Gasteiger partial charge in [0, 0.05) is 19.2 Å². The zero-order chi connectivity index (χ0) is 12.7. The minimum absolute atomic E-state index is 0. The second-order valence-electron chi connectivity index (χ2n) is 4.65. The second-order valence-corrected chi connectivity index (χ2v) is 4.65. The highest BCUT2D eigenvalue weighted by Gasteiger charge is 2.22. The number of hydrogen-bond acceptors (Lipinski definition) is 3. The Morgan fingerprint density at radius 3 is 2.94 bits per heavy atom. The van der Waals surface area contributed by atoms with Crippen LogP contribution in [0.15, 0.2) is 4.99 Å². The van der Waals surface area contributed by atoms with Gasteiger partial charge < -0.3 is 15.8 Å². The quantitative estimate of drug-likeness (QED) is 0.417. The highest BCUT2D eigenvalue weighted by atomic mass is 127. The van der Waals surface area contributed by atoms with Gasteiger partial charge in [-0.05, 0) is 32.9 Å². The lowest BCUT2D eigenvalue weighted by Gasteiger charge is -2.21. The van der Waals surface area contributed by atoms with Crippen LogP contribution >= 0.6 is 24.0 Å². The first-order valence-electron chi connectivity index (χ1n) is 6.46. The number of guanidine groups is 1. The normalized spacial score (nSPS) is 22.6. The van der Waals surface area contributed by atoms with Crippen molar-refractivity contribution in [2.24, 2.45) is 10.7 Å². The van der Waals surface area contributed by atoms with Crippen molar-refractivity contribution in [2.45, 2.75) is 38.8 Å². The molecule has 1 saturated heterocycles. The number of hydrogen-bond donors (Lipinski definition) is 2. The number of likely N-dealkylation sites (tertiary alicyclic amines) is 1. The van der Waals surface area contributed by atoms with Crippen LogP contribution in [0.1, 0.15) is 26.7 Å². The van der Waals surface area contributed by atoms with Crippen LogP contribution in [0, 0.1) is 0 Å². The summed E-state index contributed by atoms with van der Waals surface area (Å²) in [5.41, 5.74) is 5.83. The maximum absolute atomic E-state index is 5.83. The number of nitrogens with zero attached hydrogens (tertiary/aromatic N) is 2. The Balaban J connectivity index is 0.00000289. The minimum Gasteiger partial charge on any atom is -0.383 e. The number of halogens is 1. The van der Waals surface area contributed by atoms with E-state index in [4.69, 9.17) is 10.5 Å². The Bertz CT molecular complexity index is 250. The van der Waals surface area contributed by atoms with Crippen LogP contribution in [0.2, 0.25) is 0 Å². The fourth-order valence-corrected chi connectivity index (χ4v) is 2.31. The summed E-state index contributed by atoms with van der Waals surface area (Å²) in [6.07, 6.45) is 2.51. The summed E-state index contributed by atoms with van der Waals surface area (Å²) >= 11 is 0. The molecule has 3 N–H and O–H groups in total. The van der Waals surface area contributed by atoms with E-state index in [1.165, 1.54) is 19.4 Å². The van der Waals surface area contributed by atoms with Crippen molar-refractivity contribution in [1.29, 1.82) is 0 Å². The zero-order valence-corrected chi connectivity index (χ0v) is 14.0. The molecule has 1 fully saturated rings. The van der Waals surface area contributed by atoms with Gasteiger partial charge in [0.15, 0.2) is 5.96 Å². The monoisotopic (exact) mass is 370 g/mol. The van der Waals surface area contributed by atoms with Gasteiger partial charge in [0.05, 0.1) is 13.2 Å². The smallest absolute Gasteiger partial charge is 0.188 e. The van der Waals surface area contributed by atoms with Crippen LogP contribution in [0.25, 0.3) is 0 Å². The van der Waals surface area contributed by atoms with E-state index in [1.807, 2.05) is 6.92 Å². The van der Waals surface area contributed by atoms with Crippen molar-refractivity contribution in [1.82, 2.24) is 10.2 Å². The lowest BCUT2D eigenvalue weighted by molar-refractivity contribution is 0.179. The van der Waals surface area contributed by atoms with Crippen LogP contribution in [0.4, 0.5) is 0 Å². The summed E-state index contributed by atoms with van der Waals surface area (Å²) in [7, 11) is 1.68. The zero-order valence-electron chi connectivity index (χ0n) is 11.7. The molecule has 6 heteroatoms. The Labute approximate surface area is 128 Å². The summed E-state index contributed by atoms with van der Waals surface area (Å²) < 4.78 is 5.04. The second kappa shape index (κ2) is 9.80. The molecule has 0 aromatic heterocycles. The molecule has 0 spiro atoms. The molecule has 2 unspecified atom stereocenters. The average Bonchev–Trinajstić information content (AvgIpc) is 2.73. The fraction of sp³-hybridized carbons (Fsp3) is 0.917. The van der Waals surface area contributed by atoms with Gasteiger partial charge in [-0.2, -0.15) is 0 Å². The molecule has 5 nitrogen and oxygen atoms in total. The van der Waals surface area contributed by atoms with E-state index in [0.29, 0.717) is 18.6 Å². The molecule has 1 rings (SSSR count). The van der Waals surface area contributed by atoms with Crippen molar-refractivity contribution in [3.05, 3.63) is 0 Å².